The van der Waals surface area contributed by atoms with Crippen molar-refractivity contribution < 1.29 is 14.3 Å². The summed E-state index contributed by atoms with van der Waals surface area (Å²) in [5.74, 6) is -0.0698. The van der Waals surface area contributed by atoms with E-state index in [2.05, 4.69) is 20.5 Å². The Morgan fingerprint density at radius 2 is 2.26 bits per heavy atom. The van der Waals surface area contributed by atoms with Gasteiger partial charge in [0.05, 0.1) is 0 Å². The number of rotatable bonds is 4. The monoisotopic (exact) mass is 267 g/mol. The summed E-state index contributed by atoms with van der Waals surface area (Å²) < 4.78 is 4.82. The minimum Gasteiger partial charge on any atom is -0.375 e. The Morgan fingerprint density at radius 1 is 1.53 bits per heavy atom. The van der Waals surface area contributed by atoms with Crippen molar-refractivity contribution in [3.63, 3.8) is 0 Å². The second kappa shape index (κ2) is 6.28. The molecule has 2 N–H and O–H groups in total. The van der Waals surface area contributed by atoms with Crippen molar-refractivity contribution in [2.45, 2.75) is 18.9 Å². The van der Waals surface area contributed by atoms with Crippen molar-refractivity contribution in [2.75, 3.05) is 26.8 Å². The van der Waals surface area contributed by atoms with Crippen LogP contribution >= 0.6 is 0 Å². The number of amides is 2. The molecule has 8 nitrogen and oxygen atoms in total. The smallest absolute Gasteiger partial charge is 0.288 e. The number of piperidine rings is 1. The van der Waals surface area contributed by atoms with Crippen LogP contribution in [0.4, 0.5) is 0 Å². The topological polar surface area (TPSA) is 100 Å². The molecule has 1 fully saturated rings. The fraction of sp³-hybridized carbons (Fsp3) is 0.636. The molecule has 0 aliphatic carbocycles. The first kappa shape index (κ1) is 13.5. The van der Waals surface area contributed by atoms with Gasteiger partial charge in [-0.3, -0.25) is 14.7 Å². The Hall–Kier alpha value is -1.96. The summed E-state index contributed by atoms with van der Waals surface area (Å²) in [4.78, 5) is 28.9. The zero-order chi connectivity index (χ0) is 13.7. The lowest BCUT2D eigenvalue weighted by atomic mass is 10.0. The molecule has 0 radical (unpaired) electrons. The molecule has 0 unspecified atom stereocenters. The number of methoxy groups -OCH3 is 1. The van der Waals surface area contributed by atoms with Gasteiger partial charge in [-0.15, -0.1) is 0 Å². The highest BCUT2D eigenvalue weighted by Crippen LogP contribution is 2.11. The second-order valence-electron chi connectivity index (χ2n) is 4.40. The Morgan fingerprint density at radius 3 is 2.84 bits per heavy atom. The predicted molar refractivity (Wildman–Crippen MR) is 65.3 cm³/mol. The molecule has 19 heavy (non-hydrogen) atoms. The van der Waals surface area contributed by atoms with Crippen LogP contribution in [-0.2, 0) is 9.53 Å². The van der Waals surface area contributed by atoms with E-state index in [0.717, 1.165) is 12.8 Å². The molecule has 0 saturated carbocycles. The summed E-state index contributed by atoms with van der Waals surface area (Å²) in [6.07, 6.45) is 2.76. The highest BCUT2D eigenvalue weighted by molar-refractivity contribution is 5.90. The molecule has 1 aliphatic rings. The molecule has 104 valence electrons. The Labute approximate surface area is 110 Å². The maximum Gasteiger partial charge on any atom is 0.288 e. The minimum absolute atomic E-state index is 0.0116. The number of aromatic amines is 1. The molecule has 1 aliphatic heterocycles. The third-order valence-electron chi connectivity index (χ3n) is 3.08. The minimum atomic E-state index is -0.265. The first-order valence-electron chi connectivity index (χ1n) is 6.13. The first-order valence-corrected chi connectivity index (χ1v) is 6.13. The number of hydrogen-bond donors (Lipinski definition) is 2. The highest BCUT2D eigenvalue weighted by Gasteiger charge is 2.24. The fourth-order valence-electron chi connectivity index (χ4n) is 2.06. The lowest BCUT2D eigenvalue weighted by Crippen LogP contribution is -2.47. The van der Waals surface area contributed by atoms with Crippen molar-refractivity contribution in [2.24, 2.45) is 0 Å². The molecule has 1 aromatic rings. The van der Waals surface area contributed by atoms with E-state index in [0.29, 0.717) is 13.1 Å². The number of H-pyrrole nitrogens is 1. The van der Waals surface area contributed by atoms with Gasteiger partial charge in [0.1, 0.15) is 12.9 Å². The van der Waals surface area contributed by atoms with Crippen LogP contribution in [0.2, 0.25) is 0 Å². The van der Waals surface area contributed by atoms with Crippen LogP contribution < -0.4 is 5.32 Å². The van der Waals surface area contributed by atoms with E-state index in [1.54, 1.807) is 4.90 Å². The highest BCUT2D eigenvalue weighted by atomic mass is 16.5. The average Bonchev–Trinajstić information content (AvgIpc) is 2.94. The number of ether oxygens (including phenoxy) is 1. The molecule has 0 bridgehead atoms. The fourth-order valence-corrected chi connectivity index (χ4v) is 2.06. The van der Waals surface area contributed by atoms with E-state index in [1.165, 1.54) is 13.4 Å². The molecule has 2 rings (SSSR count). The van der Waals surface area contributed by atoms with Crippen molar-refractivity contribution in [1.82, 2.24) is 25.4 Å². The summed E-state index contributed by atoms with van der Waals surface area (Å²) in [5.41, 5.74) is 0. The van der Waals surface area contributed by atoms with E-state index < -0.39 is 0 Å². The molecule has 8 heteroatoms. The van der Waals surface area contributed by atoms with Gasteiger partial charge in [0, 0.05) is 26.2 Å². The van der Waals surface area contributed by atoms with Crippen LogP contribution in [0.5, 0.6) is 0 Å². The third kappa shape index (κ3) is 3.50. The summed E-state index contributed by atoms with van der Waals surface area (Å²) in [5, 5.41) is 9.02. The summed E-state index contributed by atoms with van der Waals surface area (Å²) >= 11 is 0. The number of likely N-dealkylation sites (tertiary alicyclic amines) is 1. The molecule has 1 saturated heterocycles. The summed E-state index contributed by atoms with van der Waals surface area (Å²) in [6, 6.07) is 0.0594. The van der Waals surface area contributed by atoms with Crippen LogP contribution in [0.15, 0.2) is 6.33 Å². The van der Waals surface area contributed by atoms with Gasteiger partial charge in [-0.25, -0.2) is 4.98 Å². The quantitative estimate of drug-likeness (QED) is 0.741. The van der Waals surface area contributed by atoms with Crippen LogP contribution in [0.1, 0.15) is 23.5 Å². The number of carbonyl (C=O) groups excluding carboxylic acids is 2. The lowest BCUT2D eigenvalue weighted by Gasteiger charge is -2.32. The van der Waals surface area contributed by atoms with Crippen LogP contribution in [0.3, 0.4) is 0 Å². The maximum atomic E-state index is 11.7. The first-order chi connectivity index (χ1) is 9.20. The predicted octanol–water partition coefficient (Wildman–Crippen LogP) is -0.828. The summed E-state index contributed by atoms with van der Waals surface area (Å²) in [7, 11) is 1.50. The SMILES string of the molecule is COCC(=O)N1CCC(NC(=O)c2ncn[nH]2)CC1. The number of nitrogens with one attached hydrogen (secondary N) is 2. The zero-order valence-corrected chi connectivity index (χ0v) is 10.8. The van der Waals surface area contributed by atoms with E-state index in [1.807, 2.05) is 0 Å². The molecule has 2 amide bonds. The van der Waals surface area contributed by atoms with Gasteiger partial charge in [0.2, 0.25) is 11.7 Å². The Bertz CT molecular complexity index is 426. The average molecular weight is 267 g/mol. The molecule has 0 spiro atoms. The van der Waals surface area contributed by atoms with E-state index in [4.69, 9.17) is 4.74 Å². The zero-order valence-electron chi connectivity index (χ0n) is 10.8. The number of hydrogen-bond acceptors (Lipinski definition) is 5. The van der Waals surface area contributed by atoms with Gasteiger partial charge in [-0.05, 0) is 12.8 Å². The molecule has 0 aromatic carbocycles. The summed E-state index contributed by atoms with van der Waals surface area (Å²) in [6.45, 7) is 1.36. The largest absolute Gasteiger partial charge is 0.375 e. The van der Waals surface area contributed by atoms with Gasteiger partial charge in [-0.2, -0.15) is 5.10 Å². The number of aromatic nitrogens is 3. The van der Waals surface area contributed by atoms with Gasteiger partial charge in [0.15, 0.2) is 0 Å². The number of carbonyl (C=O) groups is 2. The van der Waals surface area contributed by atoms with Crippen LogP contribution in [0.25, 0.3) is 0 Å². The maximum absolute atomic E-state index is 11.7. The van der Waals surface area contributed by atoms with Crippen molar-refractivity contribution in [3.8, 4) is 0 Å². The third-order valence-corrected chi connectivity index (χ3v) is 3.08. The molecular formula is C11H17N5O3. The van der Waals surface area contributed by atoms with E-state index in [9.17, 15) is 9.59 Å². The molecule has 2 heterocycles. The van der Waals surface area contributed by atoms with Gasteiger partial charge in [-0.1, -0.05) is 0 Å². The van der Waals surface area contributed by atoms with Gasteiger partial charge >= 0.3 is 0 Å². The Balaban J connectivity index is 1.77. The van der Waals surface area contributed by atoms with E-state index >= 15 is 0 Å². The van der Waals surface area contributed by atoms with Crippen molar-refractivity contribution in [1.29, 1.82) is 0 Å². The number of nitrogens with zero attached hydrogens (tertiary/aromatic N) is 3. The van der Waals surface area contributed by atoms with Crippen LogP contribution in [0, 0.1) is 0 Å². The Kier molecular flexibility index (Phi) is 4.45. The van der Waals surface area contributed by atoms with Gasteiger partial charge in [0.25, 0.3) is 5.91 Å². The van der Waals surface area contributed by atoms with E-state index in [-0.39, 0.29) is 30.3 Å². The normalized spacial score (nSPS) is 16.4. The second-order valence-corrected chi connectivity index (χ2v) is 4.40. The molecule has 0 atom stereocenters. The molecule has 1 aromatic heterocycles. The van der Waals surface area contributed by atoms with Gasteiger partial charge < -0.3 is 15.0 Å². The van der Waals surface area contributed by atoms with Crippen molar-refractivity contribution >= 4 is 11.8 Å². The van der Waals surface area contributed by atoms with Crippen molar-refractivity contribution in [3.05, 3.63) is 12.2 Å². The molecular weight excluding hydrogens is 250 g/mol. The standard InChI is InChI=1S/C11H17N5O3/c1-19-6-9(17)16-4-2-8(3-5-16)14-11(18)10-12-7-13-15-10/h7-8H,2-6H2,1H3,(H,14,18)(H,12,13,15). The van der Waals surface area contributed by atoms with Crippen LogP contribution in [-0.4, -0.2) is 64.7 Å². The lowest BCUT2D eigenvalue weighted by molar-refractivity contribution is -0.136.